The second kappa shape index (κ2) is 5.14. The highest BCUT2D eigenvalue weighted by Gasteiger charge is 2.15. The van der Waals surface area contributed by atoms with Crippen molar-refractivity contribution in [2.24, 2.45) is 0 Å². The van der Waals surface area contributed by atoms with Gasteiger partial charge in [0.15, 0.2) is 11.6 Å². The molecule has 19 heavy (non-hydrogen) atoms. The molecule has 0 amide bonds. The van der Waals surface area contributed by atoms with E-state index in [9.17, 15) is 9.18 Å². The van der Waals surface area contributed by atoms with Gasteiger partial charge in [-0.2, -0.15) is 0 Å². The van der Waals surface area contributed by atoms with Gasteiger partial charge in [-0.15, -0.1) is 0 Å². The number of aromatic nitrogens is 1. The summed E-state index contributed by atoms with van der Waals surface area (Å²) in [5.74, 6) is -1.31. The third-order valence-corrected chi connectivity index (χ3v) is 2.96. The lowest BCUT2D eigenvalue weighted by Gasteiger charge is -2.10. The van der Waals surface area contributed by atoms with Crippen molar-refractivity contribution in [3.63, 3.8) is 0 Å². The van der Waals surface area contributed by atoms with E-state index in [1.54, 1.807) is 16.7 Å². The van der Waals surface area contributed by atoms with Gasteiger partial charge >= 0.3 is 5.97 Å². The average Bonchev–Trinajstić information content (AvgIpc) is 2.82. The van der Waals surface area contributed by atoms with E-state index in [0.717, 1.165) is 0 Å². The summed E-state index contributed by atoms with van der Waals surface area (Å²) in [5, 5.41) is 9.08. The zero-order valence-corrected chi connectivity index (χ0v) is 10.7. The fraction of sp³-hybridized carbons (Fsp3) is 0.214. The molecule has 0 unspecified atom stereocenters. The van der Waals surface area contributed by atoms with Crippen LogP contribution in [0, 0.1) is 5.82 Å². The number of halogens is 1. The molecule has 100 valence electrons. The van der Waals surface area contributed by atoms with Gasteiger partial charge in [0, 0.05) is 17.8 Å². The van der Waals surface area contributed by atoms with Crippen LogP contribution in [0.1, 0.15) is 17.4 Å². The maximum Gasteiger partial charge on any atom is 0.352 e. The number of hydrogen-bond acceptors (Lipinski definition) is 2. The highest BCUT2D eigenvalue weighted by Crippen LogP contribution is 2.27. The maximum absolute atomic E-state index is 13.7. The minimum absolute atomic E-state index is 0.164. The van der Waals surface area contributed by atoms with Crippen LogP contribution in [0.25, 0.3) is 11.3 Å². The number of aromatic carboxylic acids is 1. The highest BCUT2D eigenvalue weighted by atomic mass is 19.1. The SMILES string of the molecule is CCn1c(C(=O)O)ccc1-c1ccc(OC)c(F)c1. The highest BCUT2D eigenvalue weighted by molar-refractivity contribution is 5.87. The van der Waals surface area contributed by atoms with Gasteiger partial charge in [0.2, 0.25) is 0 Å². The van der Waals surface area contributed by atoms with Gasteiger partial charge < -0.3 is 14.4 Å². The van der Waals surface area contributed by atoms with Crippen molar-refractivity contribution in [3.05, 3.63) is 41.8 Å². The molecule has 2 aromatic rings. The van der Waals surface area contributed by atoms with E-state index < -0.39 is 11.8 Å². The molecule has 2 rings (SSSR count). The summed E-state index contributed by atoms with van der Waals surface area (Å²) in [6, 6.07) is 7.76. The molecule has 0 aliphatic rings. The van der Waals surface area contributed by atoms with Crippen molar-refractivity contribution in [2.45, 2.75) is 13.5 Å². The summed E-state index contributed by atoms with van der Waals surface area (Å²) in [7, 11) is 1.40. The first kappa shape index (κ1) is 13.1. The number of methoxy groups -OCH3 is 1. The van der Waals surface area contributed by atoms with Crippen LogP contribution in [-0.2, 0) is 6.54 Å². The van der Waals surface area contributed by atoms with Crippen LogP contribution in [-0.4, -0.2) is 22.8 Å². The molecule has 5 heteroatoms. The van der Waals surface area contributed by atoms with Crippen molar-refractivity contribution in [1.29, 1.82) is 0 Å². The number of carbonyl (C=O) groups is 1. The summed E-state index contributed by atoms with van der Waals surface area (Å²) in [6.45, 7) is 2.34. The summed E-state index contributed by atoms with van der Waals surface area (Å²) in [4.78, 5) is 11.1. The Hall–Kier alpha value is -2.30. The lowest BCUT2D eigenvalue weighted by Crippen LogP contribution is -2.08. The van der Waals surface area contributed by atoms with E-state index in [1.807, 2.05) is 6.92 Å². The Kier molecular flexibility index (Phi) is 3.55. The topological polar surface area (TPSA) is 51.5 Å². The number of nitrogens with zero attached hydrogens (tertiary/aromatic N) is 1. The van der Waals surface area contributed by atoms with E-state index in [2.05, 4.69) is 0 Å². The van der Waals surface area contributed by atoms with E-state index >= 15 is 0 Å². The first-order valence-electron chi connectivity index (χ1n) is 5.85. The van der Waals surface area contributed by atoms with Gasteiger partial charge in [-0.1, -0.05) is 0 Å². The summed E-state index contributed by atoms with van der Waals surface area (Å²) < 4.78 is 20.2. The smallest absolute Gasteiger partial charge is 0.352 e. The van der Waals surface area contributed by atoms with Crippen molar-refractivity contribution < 1.29 is 19.0 Å². The van der Waals surface area contributed by atoms with E-state index in [0.29, 0.717) is 17.8 Å². The number of ether oxygens (including phenoxy) is 1. The number of hydrogen-bond donors (Lipinski definition) is 1. The number of carboxylic acids is 1. The quantitative estimate of drug-likeness (QED) is 0.922. The molecule has 0 saturated carbocycles. The molecule has 1 heterocycles. The van der Waals surface area contributed by atoms with Crippen LogP contribution < -0.4 is 4.74 Å². The van der Waals surface area contributed by atoms with E-state index in [1.165, 1.54) is 25.3 Å². The molecule has 0 aliphatic carbocycles. The molecule has 1 aromatic carbocycles. The van der Waals surface area contributed by atoms with E-state index in [4.69, 9.17) is 9.84 Å². The summed E-state index contributed by atoms with van der Waals surface area (Å²) >= 11 is 0. The monoisotopic (exact) mass is 263 g/mol. The van der Waals surface area contributed by atoms with Crippen LogP contribution in [0.3, 0.4) is 0 Å². The summed E-state index contributed by atoms with van der Waals surface area (Å²) in [5.41, 5.74) is 1.47. The molecule has 0 fully saturated rings. The lowest BCUT2D eigenvalue weighted by atomic mass is 10.1. The molecule has 0 saturated heterocycles. The minimum Gasteiger partial charge on any atom is -0.494 e. The molecule has 1 N–H and O–H groups in total. The van der Waals surface area contributed by atoms with Crippen molar-refractivity contribution in [2.75, 3.05) is 7.11 Å². The van der Waals surface area contributed by atoms with Gasteiger partial charge in [-0.05, 0) is 37.3 Å². The van der Waals surface area contributed by atoms with Crippen LogP contribution in [0.5, 0.6) is 5.75 Å². The second-order valence-electron chi connectivity index (χ2n) is 4.00. The van der Waals surface area contributed by atoms with Crippen molar-refractivity contribution >= 4 is 5.97 Å². The number of rotatable bonds is 4. The lowest BCUT2D eigenvalue weighted by molar-refractivity contribution is 0.0685. The van der Waals surface area contributed by atoms with Crippen LogP contribution in [0.4, 0.5) is 4.39 Å². The third kappa shape index (κ3) is 2.31. The standard InChI is InChI=1S/C14H14FNO3/c1-3-16-11(5-6-12(16)14(17)18)9-4-7-13(19-2)10(15)8-9/h4-8H,3H2,1-2H3,(H,17,18). The van der Waals surface area contributed by atoms with Crippen molar-refractivity contribution in [1.82, 2.24) is 4.57 Å². The minimum atomic E-state index is -0.998. The Morgan fingerprint density at radius 3 is 2.63 bits per heavy atom. The zero-order chi connectivity index (χ0) is 14.0. The summed E-state index contributed by atoms with van der Waals surface area (Å²) in [6.07, 6.45) is 0. The Morgan fingerprint density at radius 2 is 2.11 bits per heavy atom. The fourth-order valence-corrected chi connectivity index (χ4v) is 2.07. The van der Waals surface area contributed by atoms with Gasteiger partial charge in [-0.3, -0.25) is 0 Å². The zero-order valence-electron chi connectivity index (χ0n) is 10.7. The molecule has 0 aliphatic heterocycles. The molecule has 1 aromatic heterocycles. The number of benzene rings is 1. The Labute approximate surface area is 110 Å². The molecular weight excluding hydrogens is 249 g/mol. The Bertz CT molecular complexity index is 619. The third-order valence-electron chi connectivity index (χ3n) is 2.96. The van der Waals surface area contributed by atoms with E-state index in [-0.39, 0.29) is 11.4 Å². The first-order chi connectivity index (χ1) is 9.08. The predicted molar refractivity (Wildman–Crippen MR) is 69.0 cm³/mol. The van der Waals surface area contributed by atoms with Crippen molar-refractivity contribution in [3.8, 4) is 17.0 Å². The van der Waals surface area contributed by atoms with Gasteiger partial charge in [-0.25, -0.2) is 9.18 Å². The molecule has 0 radical (unpaired) electrons. The molecule has 0 atom stereocenters. The molecule has 0 spiro atoms. The second-order valence-corrected chi connectivity index (χ2v) is 4.00. The Morgan fingerprint density at radius 1 is 1.37 bits per heavy atom. The molecule has 4 nitrogen and oxygen atoms in total. The fourth-order valence-electron chi connectivity index (χ4n) is 2.07. The molecule has 0 bridgehead atoms. The number of carboxylic acid groups (broad SMARTS) is 1. The van der Waals surface area contributed by atoms with Gasteiger partial charge in [0.1, 0.15) is 5.69 Å². The largest absolute Gasteiger partial charge is 0.494 e. The first-order valence-corrected chi connectivity index (χ1v) is 5.85. The van der Waals surface area contributed by atoms with Crippen LogP contribution in [0.15, 0.2) is 30.3 Å². The van der Waals surface area contributed by atoms with Crippen LogP contribution in [0.2, 0.25) is 0 Å². The predicted octanol–water partition coefficient (Wildman–Crippen LogP) is 3.02. The normalized spacial score (nSPS) is 10.5. The average molecular weight is 263 g/mol. The van der Waals surface area contributed by atoms with Gasteiger partial charge in [0.25, 0.3) is 0 Å². The maximum atomic E-state index is 13.7. The Balaban J connectivity index is 2.53. The van der Waals surface area contributed by atoms with Gasteiger partial charge in [0.05, 0.1) is 7.11 Å². The molecular formula is C14H14FNO3. The van der Waals surface area contributed by atoms with Crippen LogP contribution >= 0.6 is 0 Å².